The summed E-state index contributed by atoms with van der Waals surface area (Å²) in [5.74, 6) is -0.355. The zero-order valence-corrected chi connectivity index (χ0v) is 14.9. The minimum atomic E-state index is -0.306. The van der Waals surface area contributed by atoms with Crippen molar-refractivity contribution in [1.82, 2.24) is 10.2 Å². The Balaban J connectivity index is 0.00000441. The maximum atomic E-state index is 12.4. The number of ether oxygens (including phenoxy) is 1. The van der Waals surface area contributed by atoms with Crippen LogP contribution in [-0.4, -0.2) is 55.1 Å². The van der Waals surface area contributed by atoms with Gasteiger partial charge >= 0.3 is 0 Å². The van der Waals surface area contributed by atoms with E-state index >= 15 is 0 Å². The van der Waals surface area contributed by atoms with Crippen LogP contribution in [0.5, 0.6) is 0 Å². The molecule has 2 atom stereocenters. The summed E-state index contributed by atoms with van der Waals surface area (Å²) >= 11 is 0. The summed E-state index contributed by atoms with van der Waals surface area (Å²) in [5, 5.41) is 2.55. The molecule has 0 aromatic rings. The lowest BCUT2D eigenvalue weighted by Gasteiger charge is -2.55. The summed E-state index contributed by atoms with van der Waals surface area (Å²) in [7, 11) is 0. The number of hydrogen-bond donors (Lipinski definition) is 2. The van der Waals surface area contributed by atoms with Crippen LogP contribution in [0.1, 0.15) is 40.5 Å². The van der Waals surface area contributed by atoms with Crippen LogP contribution in [0, 0.1) is 5.41 Å². The Bertz CT molecular complexity index is 377. The third-order valence-electron chi connectivity index (χ3n) is 4.28. The quantitative estimate of drug-likeness (QED) is 0.691. The van der Waals surface area contributed by atoms with Gasteiger partial charge in [0, 0.05) is 24.6 Å². The van der Waals surface area contributed by atoms with E-state index in [1.807, 2.05) is 18.7 Å². The van der Waals surface area contributed by atoms with Crippen molar-refractivity contribution in [2.45, 2.75) is 52.7 Å². The summed E-state index contributed by atoms with van der Waals surface area (Å²) in [5.41, 5.74) is 5.17. The zero-order valence-electron chi connectivity index (χ0n) is 14.1. The summed E-state index contributed by atoms with van der Waals surface area (Å²) < 4.78 is 5.72. The van der Waals surface area contributed by atoms with Gasteiger partial charge in [-0.1, -0.05) is 20.8 Å². The van der Waals surface area contributed by atoms with Gasteiger partial charge < -0.3 is 20.7 Å². The molecule has 22 heavy (non-hydrogen) atoms. The highest BCUT2D eigenvalue weighted by atomic mass is 35.5. The van der Waals surface area contributed by atoms with Crippen molar-refractivity contribution in [3.63, 3.8) is 0 Å². The Kier molecular flexibility index (Phi) is 8.96. The van der Waals surface area contributed by atoms with E-state index in [2.05, 4.69) is 19.2 Å². The van der Waals surface area contributed by atoms with Gasteiger partial charge in [0.25, 0.3) is 0 Å². The molecule has 1 aliphatic rings. The van der Waals surface area contributed by atoms with E-state index in [1.54, 1.807) is 0 Å². The molecular formula is C15H30ClN3O3. The molecule has 0 heterocycles. The highest BCUT2D eigenvalue weighted by Gasteiger charge is 2.52. The average Bonchev–Trinajstić information content (AvgIpc) is 2.46. The van der Waals surface area contributed by atoms with Crippen molar-refractivity contribution in [2.24, 2.45) is 11.1 Å². The number of halogens is 1. The molecule has 0 aromatic carbocycles. The molecule has 130 valence electrons. The number of carbonyl (C=O) groups excluding carboxylic acids is 2. The van der Waals surface area contributed by atoms with E-state index in [0.717, 1.165) is 12.8 Å². The molecule has 0 aliphatic heterocycles. The highest BCUT2D eigenvalue weighted by molar-refractivity contribution is 5.86. The van der Waals surface area contributed by atoms with E-state index in [-0.39, 0.29) is 54.9 Å². The SMILES string of the molecule is CCCN(C(=O)CNC(=O)CN)C1CC(OCC)C1(C)C.Cl. The van der Waals surface area contributed by atoms with Crippen LogP contribution in [0.4, 0.5) is 0 Å². The topological polar surface area (TPSA) is 84.7 Å². The van der Waals surface area contributed by atoms with Crippen molar-refractivity contribution in [1.29, 1.82) is 0 Å². The second-order valence-electron chi connectivity index (χ2n) is 6.08. The lowest BCUT2D eigenvalue weighted by atomic mass is 9.63. The third kappa shape index (κ3) is 4.83. The van der Waals surface area contributed by atoms with Gasteiger partial charge in [-0.05, 0) is 19.8 Å². The lowest BCUT2D eigenvalue weighted by molar-refractivity contribution is -0.166. The maximum absolute atomic E-state index is 12.4. The van der Waals surface area contributed by atoms with Crippen molar-refractivity contribution in [3.8, 4) is 0 Å². The van der Waals surface area contributed by atoms with Crippen LogP contribution in [0.2, 0.25) is 0 Å². The monoisotopic (exact) mass is 335 g/mol. The van der Waals surface area contributed by atoms with E-state index in [1.165, 1.54) is 0 Å². The third-order valence-corrected chi connectivity index (χ3v) is 4.28. The minimum absolute atomic E-state index is 0. The van der Waals surface area contributed by atoms with Gasteiger partial charge in [0.2, 0.25) is 11.8 Å². The molecule has 1 rings (SSSR count). The van der Waals surface area contributed by atoms with Gasteiger partial charge in [-0.15, -0.1) is 12.4 Å². The van der Waals surface area contributed by atoms with Gasteiger partial charge in [-0.25, -0.2) is 0 Å². The van der Waals surface area contributed by atoms with Gasteiger partial charge in [-0.3, -0.25) is 9.59 Å². The summed E-state index contributed by atoms with van der Waals surface area (Å²) in [6.45, 7) is 9.61. The van der Waals surface area contributed by atoms with E-state index in [0.29, 0.717) is 13.2 Å². The predicted octanol–water partition coefficient (Wildman–Crippen LogP) is 0.925. The molecule has 0 saturated heterocycles. The second kappa shape index (κ2) is 9.33. The number of nitrogens with two attached hydrogens (primary N) is 1. The molecule has 2 amide bonds. The van der Waals surface area contributed by atoms with E-state index in [4.69, 9.17) is 10.5 Å². The molecule has 1 aliphatic carbocycles. The maximum Gasteiger partial charge on any atom is 0.242 e. The van der Waals surface area contributed by atoms with Crippen molar-refractivity contribution in [2.75, 3.05) is 26.2 Å². The number of amides is 2. The molecule has 2 unspecified atom stereocenters. The average molecular weight is 336 g/mol. The molecule has 7 heteroatoms. The van der Waals surface area contributed by atoms with Gasteiger partial charge in [0.15, 0.2) is 0 Å². The molecule has 1 fully saturated rings. The largest absolute Gasteiger partial charge is 0.378 e. The zero-order chi connectivity index (χ0) is 16.0. The van der Waals surface area contributed by atoms with Crippen LogP contribution in [-0.2, 0) is 14.3 Å². The normalized spacial score (nSPS) is 22.2. The number of nitrogens with zero attached hydrogens (tertiary/aromatic N) is 1. The van der Waals surface area contributed by atoms with E-state index < -0.39 is 0 Å². The first kappa shape index (κ1) is 21.1. The van der Waals surface area contributed by atoms with Crippen LogP contribution < -0.4 is 11.1 Å². The molecule has 6 nitrogen and oxygen atoms in total. The fourth-order valence-corrected chi connectivity index (χ4v) is 2.92. The summed E-state index contributed by atoms with van der Waals surface area (Å²) in [4.78, 5) is 25.4. The van der Waals surface area contributed by atoms with Crippen LogP contribution in [0.3, 0.4) is 0 Å². The van der Waals surface area contributed by atoms with Crippen molar-refractivity contribution < 1.29 is 14.3 Å². The molecule has 0 aromatic heterocycles. The van der Waals surface area contributed by atoms with Gasteiger partial charge in [-0.2, -0.15) is 0 Å². The Labute approximate surface area is 139 Å². The first-order valence-electron chi connectivity index (χ1n) is 7.76. The predicted molar refractivity (Wildman–Crippen MR) is 88.9 cm³/mol. The van der Waals surface area contributed by atoms with Crippen LogP contribution in [0.15, 0.2) is 0 Å². The van der Waals surface area contributed by atoms with Gasteiger partial charge in [0.05, 0.1) is 19.2 Å². The fourth-order valence-electron chi connectivity index (χ4n) is 2.92. The molecule has 1 saturated carbocycles. The fraction of sp³-hybridized carbons (Fsp3) is 0.867. The molecule has 0 bridgehead atoms. The number of rotatable bonds is 8. The Morgan fingerprint density at radius 3 is 2.45 bits per heavy atom. The second-order valence-corrected chi connectivity index (χ2v) is 6.08. The Hall–Kier alpha value is -0.850. The molecule has 3 N–H and O–H groups in total. The Morgan fingerprint density at radius 2 is 2.00 bits per heavy atom. The van der Waals surface area contributed by atoms with Crippen molar-refractivity contribution in [3.05, 3.63) is 0 Å². The van der Waals surface area contributed by atoms with Gasteiger partial charge in [0.1, 0.15) is 0 Å². The first-order valence-corrected chi connectivity index (χ1v) is 7.76. The molecule has 0 radical (unpaired) electrons. The Morgan fingerprint density at radius 1 is 1.36 bits per heavy atom. The smallest absolute Gasteiger partial charge is 0.242 e. The minimum Gasteiger partial charge on any atom is -0.378 e. The van der Waals surface area contributed by atoms with Crippen LogP contribution >= 0.6 is 12.4 Å². The number of hydrogen-bond acceptors (Lipinski definition) is 4. The first-order chi connectivity index (χ1) is 9.88. The molecular weight excluding hydrogens is 306 g/mol. The highest BCUT2D eigenvalue weighted by Crippen LogP contribution is 2.45. The lowest BCUT2D eigenvalue weighted by Crippen LogP contribution is -2.64. The number of nitrogens with one attached hydrogen (secondary N) is 1. The molecule has 0 spiro atoms. The number of carbonyl (C=O) groups is 2. The van der Waals surface area contributed by atoms with E-state index in [9.17, 15) is 9.59 Å². The standard InChI is InChI=1S/C15H29N3O3.ClH/c1-5-7-18(14(20)10-17-13(19)9-16)11-8-12(21-6-2)15(11,3)4;/h11-12H,5-10,16H2,1-4H3,(H,17,19);1H. The summed E-state index contributed by atoms with van der Waals surface area (Å²) in [6.07, 6.45) is 1.94. The summed E-state index contributed by atoms with van der Waals surface area (Å²) in [6, 6.07) is 0.163. The van der Waals surface area contributed by atoms with Crippen LogP contribution in [0.25, 0.3) is 0 Å². The van der Waals surface area contributed by atoms with Crippen molar-refractivity contribution >= 4 is 24.2 Å².